The maximum Gasteiger partial charge on any atom is 0.169 e. The van der Waals surface area contributed by atoms with Gasteiger partial charge in [-0.2, -0.15) is 0 Å². The summed E-state index contributed by atoms with van der Waals surface area (Å²) in [5.41, 5.74) is 2.20. The number of benzene rings is 2. The Bertz CT molecular complexity index is 631. The minimum Gasteiger partial charge on any atom is -0.497 e. The molecule has 116 valence electrons. The van der Waals surface area contributed by atoms with Crippen molar-refractivity contribution in [2.75, 3.05) is 14.2 Å². The maximum absolute atomic E-state index is 6.17. The molecule has 1 N–H and O–H groups in total. The lowest BCUT2D eigenvalue weighted by molar-refractivity contribution is 0.414. The summed E-state index contributed by atoms with van der Waals surface area (Å²) in [5.74, 6) is 0.849. The molecule has 0 saturated carbocycles. The second-order valence-electron chi connectivity index (χ2n) is 4.95. The van der Waals surface area contributed by atoms with Gasteiger partial charge in [0.1, 0.15) is 5.75 Å². The molecular weight excluding hydrogens is 316 g/mol. The molecule has 3 nitrogen and oxygen atoms in total. The molecule has 0 amide bonds. The van der Waals surface area contributed by atoms with Gasteiger partial charge in [0, 0.05) is 25.2 Å². The molecule has 0 spiro atoms. The van der Waals surface area contributed by atoms with Gasteiger partial charge in [0.25, 0.3) is 0 Å². The number of methoxy groups -OCH3 is 1. The Morgan fingerprint density at radius 3 is 2.50 bits per heavy atom. The SMILES string of the molecule is COc1ccc(CNC(=S)N(C)Cc2ccccc2Cl)cc1. The highest BCUT2D eigenvalue weighted by molar-refractivity contribution is 7.80. The predicted molar refractivity (Wildman–Crippen MR) is 95.4 cm³/mol. The lowest BCUT2D eigenvalue weighted by Crippen LogP contribution is -2.36. The van der Waals surface area contributed by atoms with Crippen molar-refractivity contribution in [2.24, 2.45) is 0 Å². The molecule has 0 fully saturated rings. The van der Waals surface area contributed by atoms with Crippen molar-refractivity contribution < 1.29 is 4.74 Å². The van der Waals surface area contributed by atoms with Crippen LogP contribution in [0.4, 0.5) is 0 Å². The number of ether oxygens (including phenoxy) is 1. The number of hydrogen-bond acceptors (Lipinski definition) is 2. The van der Waals surface area contributed by atoms with Crippen LogP contribution in [0.1, 0.15) is 11.1 Å². The largest absolute Gasteiger partial charge is 0.497 e. The second kappa shape index (κ2) is 8.01. The monoisotopic (exact) mass is 334 g/mol. The van der Waals surface area contributed by atoms with E-state index in [-0.39, 0.29) is 0 Å². The molecule has 0 heterocycles. The van der Waals surface area contributed by atoms with Crippen LogP contribution in [-0.2, 0) is 13.1 Å². The van der Waals surface area contributed by atoms with Crippen molar-refractivity contribution in [1.82, 2.24) is 10.2 Å². The second-order valence-corrected chi connectivity index (χ2v) is 5.75. The average Bonchev–Trinajstić information content (AvgIpc) is 2.55. The first-order valence-electron chi connectivity index (χ1n) is 6.95. The van der Waals surface area contributed by atoms with Crippen LogP contribution < -0.4 is 10.1 Å². The van der Waals surface area contributed by atoms with Gasteiger partial charge in [-0.3, -0.25) is 0 Å². The summed E-state index contributed by atoms with van der Waals surface area (Å²) < 4.78 is 5.14. The quantitative estimate of drug-likeness (QED) is 0.839. The van der Waals surface area contributed by atoms with Crippen LogP contribution in [-0.4, -0.2) is 24.2 Å². The molecule has 0 unspecified atom stereocenters. The van der Waals surface area contributed by atoms with E-state index in [9.17, 15) is 0 Å². The summed E-state index contributed by atoms with van der Waals surface area (Å²) in [6.07, 6.45) is 0. The van der Waals surface area contributed by atoms with E-state index < -0.39 is 0 Å². The standard InChI is InChI=1S/C17H19ClN2OS/c1-20(12-14-5-3-4-6-16(14)18)17(22)19-11-13-7-9-15(21-2)10-8-13/h3-10H,11-12H2,1-2H3,(H,19,22). The van der Waals surface area contributed by atoms with E-state index in [1.165, 1.54) is 0 Å². The van der Waals surface area contributed by atoms with Crippen LogP contribution in [0.3, 0.4) is 0 Å². The molecule has 5 heteroatoms. The maximum atomic E-state index is 6.17. The van der Waals surface area contributed by atoms with E-state index in [2.05, 4.69) is 5.32 Å². The number of nitrogens with zero attached hydrogens (tertiary/aromatic N) is 1. The molecule has 2 rings (SSSR count). The third-order valence-corrected chi connectivity index (χ3v) is 4.14. The van der Waals surface area contributed by atoms with Crippen molar-refractivity contribution in [2.45, 2.75) is 13.1 Å². The molecule has 0 aliphatic heterocycles. The molecule has 0 aliphatic carbocycles. The topological polar surface area (TPSA) is 24.5 Å². The molecular formula is C17H19ClN2OS. The molecule has 0 radical (unpaired) electrons. The predicted octanol–water partition coefficient (Wildman–Crippen LogP) is 3.86. The smallest absolute Gasteiger partial charge is 0.169 e. The van der Waals surface area contributed by atoms with Gasteiger partial charge in [-0.25, -0.2) is 0 Å². The lowest BCUT2D eigenvalue weighted by Gasteiger charge is -2.21. The summed E-state index contributed by atoms with van der Waals surface area (Å²) >= 11 is 11.6. The molecule has 0 bridgehead atoms. The Balaban J connectivity index is 1.87. The molecule has 0 aliphatic rings. The van der Waals surface area contributed by atoms with Crippen LogP contribution in [0.15, 0.2) is 48.5 Å². The van der Waals surface area contributed by atoms with Crippen LogP contribution in [0.5, 0.6) is 5.75 Å². The van der Waals surface area contributed by atoms with Crippen molar-refractivity contribution in [3.63, 3.8) is 0 Å². The fraction of sp³-hybridized carbons (Fsp3) is 0.235. The van der Waals surface area contributed by atoms with Crippen molar-refractivity contribution in [3.05, 3.63) is 64.7 Å². The Kier molecular flexibility index (Phi) is 6.04. The van der Waals surface area contributed by atoms with E-state index >= 15 is 0 Å². The minimum atomic E-state index is 0.675. The Morgan fingerprint density at radius 2 is 1.86 bits per heavy atom. The van der Waals surface area contributed by atoms with E-state index in [1.807, 2.05) is 60.5 Å². The van der Waals surface area contributed by atoms with E-state index in [1.54, 1.807) is 7.11 Å². The summed E-state index contributed by atoms with van der Waals surface area (Å²) in [7, 11) is 3.61. The van der Waals surface area contributed by atoms with Crippen molar-refractivity contribution >= 4 is 28.9 Å². The van der Waals surface area contributed by atoms with E-state index in [0.717, 1.165) is 21.9 Å². The van der Waals surface area contributed by atoms with Gasteiger partial charge in [0.2, 0.25) is 0 Å². The van der Waals surface area contributed by atoms with Gasteiger partial charge in [-0.05, 0) is 41.5 Å². The third-order valence-electron chi connectivity index (χ3n) is 3.31. The average molecular weight is 335 g/mol. The highest BCUT2D eigenvalue weighted by Crippen LogP contribution is 2.16. The van der Waals surface area contributed by atoms with Gasteiger partial charge >= 0.3 is 0 Å². The molecule has 2 aromatic rings. The van der Waals surface area contributed by atoms with E-state index in [4.69, 9.17) is 28.6 Å². The molecule has 0 atom stereocenters. The molecule has 0 aromatic heterocycles. The molecule has 22 heavy (non-hydrogen) atoms. The number of thiocarbonyl (C=S) groups is 1. The Labute approximate surface area is 141 Å². The van der Waals surface area contributed by atoms with Crippen molar-refractivity contribution in [1.29, 1.82) is 0 Å². The van der Waals surface area contributed by atoms with Crippen LogP contribution in [0, 0.1) is 0 Å². The first kappa shape index (κ1) is 16.6. The zero-order chi connectivity index (χ0) is 15.9. The first-order valence-corrected chi connectivity index (χ1v) is 7.74. The summed E-state index contributed by atoms with van der Waals surface area (Å²) in [4.78, 5) is 1.97. The van der Waals surface area contributed by atoms with E-state index in [0.29, 0.717) is 18.2 Å². The summed E-state index contributed by atoms with van der Waals surface area (Å²) in [5, 5.41) is 4.70. The highest BCUT2D eigenvalue weighted by Gasteiger charge is 2.07. The Morgan fingerprint density at radius 1 is 1.18 bits per heavy atom. The highest BCUT2D eigenvalue weighted by atomic mass is 35.5. The number of rotatable bonds is 5. The fourth-order valence-electron chi connectivity index (χ4n) is 2.01. The molecule has 2 aromatic carbocycles. The fourth-order valence-corrected chi connectivity index (χ4v) is 2.34. The summed E-state index contributed by atoms with van der Waals surface area (Å²) in [6.45, 7) is 1.35. The number of halogens is 1. The van der Waals surface area contributed by atoms with Crippen LogP contribution in [0.25, 0.3) is 0 Å². The van der Waals surface area contributed by atoms with Gasteiger partial charge in [0.15, 0.2) is 5.11 Å². The van der Waals surface area contributed by atoms with Crippen LogP contribution >= 0.6 is 23.8 Å². The van der Waals surface area contributed by atoms with Gasteiger partial charge < -0.3 is 15.0 Å². The number of hydrogen-bond donors (Lipinski definition) is 1. The van der Waals surface area contributed by atoms with Gasteiger partial charge in [0.05, 0.1) is 7.11 Å². The number of nitrogens with one attached hydrogen (secondary N) is 1. The minimum absolute atomic E-state index is 0.675. The lowest BCUT2D eigenvalue weighted by atomic mass is 10.2. The van der Waals surface area contributed by atoms with Gasteiger partial charge in [-0.1, -0.05) is 41.9 Å². The summed E-state index contributed by atoms with van der Waals surface area (Å²) in [6, 6.07) is 15.7. The Hall–Kier alpha value is -1.78. The normalized spacial score (nSPS) is 10.1. The first-order chi connectivity index (χ1) is 10.6. The van der Waals surface area contributed by atoms with Crippen LogP contribution in [0.2, 0.25) is 5.02 Å². The zero-order valence-corrected chi connectivity index (χ0v) is 14.2. The third kappa shape index (κ3) is 4.61. The van der Waals surface area contributed by atoms with Gasteiger partial charge in [-0.15, -0.1) is 0 Å². The van der Waals surface area contributed by atoms with Crippen molar-refractivity contribution in [3.8, 4) is 5.75 Å². The zero-order valence-electron chi connectivity index (χ0n) is 12.7. The molecule has 0 saturated heterocycles.